The monoisotopic (exact) mass is 410 g/mol. The Morgan fingerprint density at radius 1 is 1.03 bits per heavy atom. The SMILES string of the molecule is Cc1cccc(N(CC(=O)NCCC(C)C)C(=O)CCC(=O)Nc2ccccn2)c1. The van der Waals surface area contributed by atoms with E-state index in [1.807, 2.05) is 25.1 Å². The minimum absolute atomic E-state index is 0.00664. The van der Waals surface area contributed by atoms with Crippen molar-refractivity contribution < 1.29 is 14.4 Å². The van der Waals surface area contributed by atoms with Crippen molar-refractivity contribution in [3.05, 3.63) is 54.2 Å². The summed E-state index contributed by atoms with van der Waals surface area (Å²) < 4.78 is 0. The van der Waals surface area contributed by atoms with Gasteiger partial charge >= 0.3 is 0 Å². The Kier molecular flexibility index (Phi) is 9.00. The van der Waals surface area contributed by atoms with Crippen molar-refractivity contribution in [2.75, 3.05) is 23.3 Å². The molecule has 2 N–H and O–H groups in total. The fourth-order valence-corrected chi connectivity index (χ4v) is 2.82. The molecule has 0 saturated heterocycles. The van der Waals surface area contributed by atoms with E-state index >= 15 is 0 Å². The standard InChI is InChI=1S/C23H30N4O3/c1-17(2)12-14-25-22(29)16-27(19-8-6-7-18(3)15-19)23(30)11-10-21(28)26-20-9-4-5-13-24-20/h4-9,13,15,17H,10-12,14,16H2,1-3H3,(H,25,29)(H,24,26,28). The third-order valence-corrected chi connectivity index (χ3v) is 4.46. The Morgan fingerprint density at radius 3 is 2.50 bits per heavy atom. The van der Waals surface area contributed by atoms with Crippen LogP contribution in [0.4, 0.5) is 11.5 Å². The number of nitrogens with one attached hydrogen (secondary N) is 2. The van der Waals surface area contributed by atoms with Crippen molar-refractivity contribution in [2.45, 2.75) is 40.0 Å². The lowest BCUT2D eigenvalue weighted by atomic mass is 10.1. The Bertz CT molecular complexity index is 853. The van der Waals surface area contributed by atoms with Gasteiger partial charge in [0.05, 0.1) is 0 Å². The number of amides is 3. The van der Waals surface area contributed by atoms with Crippen molar-refractivity contribution in [2.24, 2.45) is 5.92 Å². The first kappa shape index (κ1) is 23.1. The molecule has 1 aromatic heterocycles. The van der Waals surface area contributed by atoms with Gasteiger partial charge in [-0.1, -0.05) is 32.0 Å². The number of pyridine rings is 1. The van der Waals surface area contributed by atoms with Crippen LogP contribution in [-0.4, -0.2) is 35.8 Å². The molecule has 0 radical (unpaired) electrons. The fraction of sp³-hybridized carbons (Fsp3) is 0.391. The van der Waals surface area contributed by atoms with Gasteiger partial charge in [-0.3, -0.25) is 14.4 Å². The number of aryl methyl sites for hydroxylation is 1. The lowest BCUT2D eigenvalue weighted by Gasteiger charge is -2.23. The molecule has 0 aliphatic rings. The van der Waals surface area contributed by atoms with E-state index in [2.05, 4.69) is 29.5 Å². The third kappa shape index (κ3) is 8.03. The fourth-order valence-electron chi connectivity index (χ4n) is 2.82. The van der Waals surface area contributed by atoms with Crippen LogP contribution in [0.25, 0.3) is 0 Å². The summed E-state index contributed by atoms with van der Waals surface area (Å²) in [6, 6.07) is 12.6. The molecule has 7 nitrogen and oxygen atoms in total. The predicted molar refractivity (Wildman–Crippen MR) is 118 cm³/mol. The van der Waals surface area contributed by atoms with Crippen molar-refractivity contribution in [1.82, 2.24) is 10.3 Å². The van der Waals surface area contributed by atoms with E-state index in [0.717, 1.165) is 12.0 Å². The minimum atomic E-state index is -0.298. The lowest BCUT2D eigenvalue weighted by Crippen LogP contribution is -2.41. The smallest absolute Gasteiger partial charge is 0.240 e. The van der Waals surface area contributed by atoms with Crippen LogP contribution in [0, 0.1) is 12.8 Å². The molecule has 2 aromatic rings. The highest BCUT2D eigenvalue weighted by Crippen LogP contribution is 2.17. The molecule has 0 fully saturated rings. The summed E-state index contributed by atoms with van der Waals surface area (Å²) in [6.45, 7) is 6.59. The first-order chi connectivity index (χ1) is 14.3. The zero-order chi connectivity index (χ0) is 21.9. The number of rotatable bonds is 10. The van der Waals surface area contributed by atoms with E-state index in [-0.39, 0.29) is 37.1 Å². The zero-order valence-electron chi connectivity index (χ0n) is 17.9. The topological polar surface area (TPSA) is 91.4 Å². The second-order valence-electron chi connectivity index (χ2n) is 7.61. The predicted octanol–water partition coefficient (Wildman–Crippen LogP) is 3.30. The molecular weight excluding hydrogens is 380 g/mol. The van der Waals surface area contributed by atoms with Crippen LogP contribution in [0.15, 0.2) is 48.7 Å². The van der Waals surface area contributed by atoms with Crippen LogP contribution in [0.2, 0.25) is 0 Å². The summed E-state index contributed by atoms with van der Waals surface area (Å²) in [7, 11) is 0. The first-order valence-electron chi connectivity index (χ1n) is 10.2. The van der Waals surface area contributed by atoms with Crippen LogP contribution in [0.5, 0.6) is 0 Å². The Hall–Kier alpha value is -3.22. The van der Waals surface area contributed by atoms with Gasteiger partial charge < -0.3 is 15.5 Å². The minimum Gasteiger partial charge on any atom is -0.355 e. The molecule has 2 rings (SSSR count). The Labute approximate surface area is 177 Å². The number of anilines is 2. The van der Waals surface area contributed by atoms with Gasteiger partial charge in [-0.2, -0.15) is 0 Å². The maximum atomic E-state index is 12.9. The van der Waals surface area contributed by atoms with Crippen LogP contribution in [0.1, 0.15) is 38.7 Å². The van der Waals surface area contributed by atoms with Crippen molar-refractivity contribution in [3.8, 4) is 0 Å². The third-order valence-electron chi connectivity index (χ3n) is 4.46. The Balaban J connectivity index is 1.99. The van der Waals surface area contributed by atoms with Crippen LogP contribution in [-0.2, 0) is 14.4 Å². The molecule has 0 bridgehead atoms. The van der Waals surface area contributed by atoms with Crippen LogP contribution >= 0.6 is 0 Å². The molecule has 0 saturated carbocycles. The molecule has 0 aliphatic heterocycles. The Morgan fingerprint density at radius 2 is 1.83 bits per heavy atom. The number of carbonyl (C=O) groups excluding carboxylic acids is 3. The van der Waals surface area contributed by atoms with Gasteiger partial charge in [-0.25, -0.2) is 4.98 Å². The average Bonchev–Trinajstić information content (AvgIpc) is 2.70. The van der Waals surface area contributed by atoms with E-state index < -0.39 is 0 Å². The van der Waals surface area contributed by atoms with Crippen molar-refractivity contribution in [1.29, 1.82) is 0 Å². The molecule has 3 amide bonds. The highest BCUT2D eigenvalue weighted by Gasteiger charge is 2.20. The molecule has 0 atom stereocenters. The second kappa shape index (κ2) is 11.7. The maximum Gasteiger partial charge on any atom is 0.240 e. The number of carbonyl (C=O) groups is 3. The molecule has 160 valence electrons. The van der Waals surface area contributed by atoms with Gasteiger partial charge in [0.15, 0.2) is 0 Å². The normalized spacial score (nSPS) is 10.5. The number of hydrogen-bond acceptors (Lipinski definition) is 4. The molecule has 30 heavy (non-hydrogen) atoms. The van der Waals surface area contributed by atoms with Crippen LogP contribution < -0.4 is 15.5 Å². The van der Waals surface area contributed by atoms with Crippen LogP contribution in [0.3, 0.4) is 0 Å². The quantitative estimate of drug-likeness (QED) is 0.629. The molecule has 1 heterocycles. The molecule has 0 spiro atoms. The molecular formula is C23H30N4O3. The van der Waals surface area contributed by atoms with E-state index in [1.54, 1.807) is 30.5 Å². The lowest BCUT2D eigenvalue weighted by molar-refractivity contribution is -0.125. The summed E-state index contributed by atoms with van der Waals surface area (Å²) in [6.07, 6.45) is 2.45. The number of benzene rings is 1. The first-order valence-corrected chi connectivity index (χ1v) is 10.2. The molecule has 0 aliphatic carbocycles. The summed E-state index contributed by atoms with van der Waals surface area (Å²) in [5, 5.41) is 5.53. The zero-order valence-corrected chi connectivity index (χ0v) is 17.9. The molecule has 0 unspecified atom stereocenters. The van der Waals surface area contributed by atoms with E-state index in [1.165, 1.54) is 4.90 Å². The number of nitrogens with zero attached hydrogens (tertiary/aromatic N) is 2. The van der Waals surface area contributed by atoms with E-state index in [4.69, 9.17) is 0 Å². The molecule has 7 heteroatoms. The maximum absolute atomic E-state index is 12.9. The molecule has 1 aromatic carbocycles. The van der Waals surface area contributed by atoms with Crippen molar-refractivity contribution in [3.63, 3.8) is 0 Å². The highest BCUT2D eigenvalue weighted by molar-refractivity contribution is 6.01. The highest BCUT2D eigenvalue weighted by atomic mass is 16.2. The average molecular weight is 411 g/mol. The van der Waals surface area contributed by atoms with Gasteiger partial charge in [0.1, 0.15) is 12.4 Å². The van der Waals surface area contributed by atoms with Gasteiger partial charge in [-0.15, -0.1) is 0 Å². The summed E-state index contributed by atoms with van der Waals surface area (Å²) in [5.74, 6) is 0.124. The van der Waals surface area contributed by atoms with Gasteiger partial charge in [0, 0.05) is 31.3 Å². The van der Waals surface area contributed by atoms with Crippen molar-refractivity contribution >= 4 is 29.2 Å². The second-order valence-corrected chi connectivity index (χ2v) is 7.61. The number of aromatic nitrogens is 1. The van der Waals surface area contributed by atoms with Gasteiger partial charge in [0.25, 0.3) is 0 Å². The summed E-state index contributed by atoms with van der Waals surface area (Å²) in [4.78, 5) is 42.9. The van der Waals surface area contributed by atoms with E-state index in [0.29, 0.717) is 24.0 Å². The largest absolute Gasteiger partial charge is 0.355 e. The summed E-state index contributed by atoms with van der Waals surface area (Å²) in [5.41, 5.74) is 1.63. The van der Waals surface area contributed by atoms with Gasteiger partial charge in [-0.05, 0) is 49.1 Å². The summed E-state index contributed by atoms with van der Waals surface area (Å²) >= 11 is 0. The van der Waals surface area contributed by atoms with Gasteiger partial charge in [0.2, 0.25) is 17.7 Å². The van der Waals surface area contributed by atoms with E-state index in [9.17, 15) is 14.4 Å². The number of hydrogen-bond donors (Lipinski definition) is 2.